The lowest BCUT2D eigenvalue weighted by molar-refractivity contribution is -0.120. The first-order valence-corrected chi connectivity index (χ1v) is 5.56. The highest BCUT2D eigenvalue weighted by atomic mass is 35.5. The second-order valence-electron chi connectivity index (χ2n) is 4.17. The van der Waals surface area contributed by atoms with Crippen LogP contribution in [-0.4, -0.2) is 10.2 Å². The third-order valence-electron chi connectivity index (χ3n) is 2.86. The number of hydrogen-bond donors (Lipinski definition) is 1. The molecule has 0 saturated heterocycles. The highest BCUT2D eigenvalue weighted by Crippen LogP contribution is 2.64. The Labute approximate surface area is 103 Å². The topological polar surface area (TPSA) is 29.1 Å². The van der Waals surface area contributed by atoms with Gasteiger partial charge in [-0.25, -0.2) is 4.39 Å². The number of carbonyl (C=O) groups excluding carboxylic acids is 1. The second-order valence-corrected chi connectivity index (χ2v) is 5.66. The molecule has 1 aromatic carbocycles. The van der Waals surface area contributed by atoms with Gasteiger partial charge in [0.15, 0.2) is 0 Å². The predicted octanol–water partition coefficient (Wildman–Crippen LogP) is 3.35. The molecule has 1 fully saturated rings. The average Bonchev–Trinajstić information content (AvgIpc) is 2.71. The molecular weight excluding hydrogens is 252 g/mol. The number of hydrogen-bond acceptors (Lipinski definition) is 1. The number of carbonyl (C=O) groups is 1. The molecule has 1 unspecified atom stereocenters. The zero-order chi connectivity index (χ0) is 12.0. The van der Waals surface area contributed by atoms with E-state index in [2.05, 4.69) is 5.32 Å². The molecule has 2 rings (SSSR count). The van der Waals surface area contributed by atoms with Gasteiger partial charge in [0.1, 0.15) is 10.2 Å². The van der Waals surface area contributed by atoms with E-state index < -0.39 is 9.75 Å². The molecule has 86 valence electrons. The van der Waals surface area contributed by atoms with Gasteiger partial charge in [0.25, 0.3) is 0 Å². The lowest BCUT2D eigenvalue weighted by Crippen LogP contribution is -2.25. The molecule has 0 spiro atoms. The van der Waals surface area contributed by atoms with Crippen LogP contribution >= 0.6 is 23.2 Å². The third kappa shape index (κ3) is 1.89. The normalized spacial score (nSPS) is 26.2. The molecule has 16 heavy (non-hydrogen) atoms. The molecule has 1 aliphatic rings. The summed E-state index contributed by atoms with van der Waals surface area (Å²) in [5.41, 5.74) is -0.228. The third-order valence-corrected chi connectivity index (χ3v) is 3.96. The molecule has 5 heteroatoms. The van der Waals surface area contributed by atoms with Crippen LogP contribution in [0.5, 0.6) is 0 Å². The van der Waals surface area contributed by atoms with Gasteiger partial charge < -0.3 is 5.32 Å². The first-order chi connectivity index (χ1) is 7.35. The standard InChI is InChI=1S/C11H10Cl2FNO/c1-10(6-11(10,12)13)9(16)15-8-4-2-7(14)3-5-8/h2-5H,6H2,1H3,(H,15,16). The molecule has 1 saturated carbocycles. The van der Waals surface area contributed by atoms with Crippen molar-refractivity contribution in [1.29, 1.82) is 0 Å². The van der Waals surface area contributed by atoms with Gasteiger partial charge >= 0.3 is 0 Å². The zero-order valence-electron chi connectivity index (χ0n) is 8.56. The molecule has 1 aliphatic carbocycles. The van der Waals surface area contributed by atoms with Gasteiger partial charge in [0.2, 0.25) is 5.91 Å². The summed E-state index contributed by atoms with van der Waals surface area (Å²) in [5, 5.41) is 2.65. The lowest BCUT2D eigenvalue weighted by Gasteiger charge is -2.12. The van der Waals surface area contributed by atoms with Crippen molar-refractivity contribution in [2.75, 3.05) is 5.32 Å². The van der Waals surface area contributed by atoms with Gasteiger partial charge in [-0.05, 0) is 37.6 Å². The van der Waals surface area contributed by atoms with Gasteiger partial charge in [-0.1, -0.05) is 0 Å². The van der Waals surface area contributed by atoms with E-state index in [0.29, 0.717) is 12.1 Å². The average molecular weight is 262 g/mol. The van der Waals surface area contributed by atoms with Gasteiger partial charge in [-0.3, -0.25) is 4.79 Å². The fourth-order valence-electron chi connectivity index (χ4n) is 1.45. The number of alkyl halides is 2. The van der Waals surface area contributed by atoms with Gasteiger partial charge in [-0.15, -0.1) is 23.2 Å². The Morgan fingerprint density at radius 3 is 2.31 bits per heavy atom. The summed E-state index contributed by atoms with van der Waals surface area (Å²) in [4.78, 5) is 11.8. The van der Waals surface area contributed by atoms with Crippen molar-refractivity contribution in [3.63, 3.8) is 0 Å². The van der Waals surface area contributed by atoms with Crippen LogP contribution in [-0.2, 0) is 4.79 Å². The van der Waals surface area contributed by atoms with E-state index in [1.807, 2.05) is 0 Å². The largest absolute Gasteiger partial charge is 0.326 e. The Morgan fingerprint density at radius 1 is 1.38 bits per heavy atom. The lowest BCUT2D eigenvalue weighted by atomic mass is 10.1. The highest BCUT2D eigenvalue weighted by molar-refractivity contribution is 6.53. The minimum atomic E-state index is -0.989. The van der Waals surface area contributed by atoms with Crippen LogP contribution in [0, 0.1) is 11.2 Å². The van der Waals surface area contributed by atoms with E-state index in [9.17, 15) is 9.18 Å². The number of nitrogens with one attached hydrogen (secondary N) is 1. The van der Waals surface area contributed by atoms with Crippen LogP contribution in [0.25, 0.3) is 0 Å². The van der Waals surface area contributed by atoms with Crippen LogP contribution in [0.4, 0.5) is 10.1 Å². The summed E-state index contributed by atoms with van der Waals surface area (Å²) in [5.74, 6) is -0.594. The molecular formula is C11H10Cl2FNO. The van der Waals surface area contributed by atoms with Crippen LogP contribution in [0.3, 0.4) is 0 Å². The SMILES string of the molecule is CC1(C(=O)Nc2ccc(F)cc2)CC1(Cl)Cl. The molecule has 1 amide bonds. The molecule has 1 atom stereocenters. The summed E-state index contributed by atoms with van der Waals surface area (Å²) in [7, 11) is 0. The van der Waals surface area contributed by atoms with Crippen molar-refractivity contribution in [1.82, 2.24) is 0 Å². The van der Waals surface area contributed by atoms with Crippen molar-refractivity contribution in [2.24, 2.45) is 5.41 Å². The molecule has 0 radical (unpaired) electrons. The Balaban J connectivity index is 2.07. The van der Waals surface area contributed by atoms with Crippen molar-refractivity contribution in [3.8, 4) is 0 Å². The summed E-state index contributed by atoms with van der Waals surface area (Å²) < 4.78 is 11.6. The molecule has 1 N–H and O–H groups in total. The van der Waals surface area contributed by atoms with E-state index in [1.165, 1.54) is 24.3 Å². The fraction of sp³-hybridized carbons (Fsp3) is 0.364. The summed E-state index contributed by atoms with van der Waals surface area (Å²) in [6.07, 6.45) is 0.427. The highest BCUT2D eigenvalue weighted by Gasteiger charge is 2.67. The monoisotopic (exact) mass is 261 g/mol. The smallest absolute Gasteiger partial charge is 0.233 e. The zero-order valence-corrected chi connectivity index (χ0v) is 10.1. The summed E-state index contributed by atoms with van der Waals surface area (Å²) >= 11 is 11.8. The Kier molecular flexibility index (Phi) is 2.63. The number of rotatable bonds is 2. The van der Waals surface area contributed by atoms with Gasteiger partial charge in [0, 0.05) is 5.69 Å². The maximum absolute atomic E-state index is 12.6. The summed E-state index contributed by atoms with van der Waals surface area (Å²) in [6.45, 7) is 1.70. The van der Waals surface area contributed by atoms with Gasteiger partial charge in [0.05, 0.1) is 5.41 Å². The van der Waals surface area contributed by atoms with Crippen LogP contribution < -0.4 is 5.32 Å². The van der Waals surface area contributed by atoms with Crippen molar-refractivity contribution >= 4 is 34.8 Å². The number of benzene rings is 1. The minimum Gasteiger partial charge on any atom is -0.326 e. The van der Waals surface area contributed by atoms with Crippen molar-refractivity contribution < 1.29 is 9.18 Å². The fourth-order valence-corrected chi connectivity index (χ4v) is 2.15. The van der Waals surface area contributed by atoms with Crippen LogP contribution in [0.2, 0.25) is 0 Å². The molecule has 0 aromatic heterocycles. The summed E-state index contributed by atoms with van der Waals surface area (Å²) in [6, 6.07) is 5.53. The first kappa shape index (κ1) is 11.7. The van der Waals surface area contributed by atoms with E-state index in [-0.39, 0.29) is 11.7 Å². The van der Waals surface area contributed by atoms with E-state index in [4.69, 9.17) is 23.2 Å². The predicted molar refractivity (Wildman–Crippen MR) is 62.2 cm³/mol. The Bertz CT molecular complexity index is 432. The maximum Gasteiger partial charge on any atom is 0.233 e. The second kappa shape index (κ2) is 3.60. The first-order valence-electron chi connectivity index (χ1n) is 4.80. The van der Waals surface area contributed by atoms with Crippen LogP contribution in [0.1, 0.15) is 13.3 Å². The number of amides is 1. The maximum atomic E-state index is 12.6. The Hall–Kier alpha value is -0.800. The Morgan fingerprint density at radius 2 is 1.88 bits per heavy atom. The van der Waals surface area contributed by atoms with Crippen LogP contribution in [0.15, 0.2) is 24.3 Å². The minimum absolute atomic E-state index is 0.246. The quantitative estimate of drug-likeness (QED) is 0.813. The van der Waals surface area contributed by atoms with Crippen molar-refractivity contribution in [3.05, 3.63) is 30.1 Å². The molecule has 0 aliphatic heterocycles. The van der Waals surface area contributed by atoms with E-state index in [0.717, 1.165) is 0 Å². The molecule has 2 nitrogen and oxygen atoms in total. The molecule has 1 aromatic rings. The number of anilines is 1. The van der Waals surface area contributed by atoms with Gasteiger partial charge in [-0.2, -0.15) is 0 Å². The molecule has 0 bridgehead atoms. The number of halogens is 3. The van der Waals surface area contributed by atoms with E-state index in [1.54, 1.807) is 6.92 Å². The van der Waals surface area contributed by atoms with E-state index >= 15 is 0 Å². The van der Waals surface area contributed by atoms with Crippen molar-refractivity contribution in [2.45, 2.75) is 17.7 Å². The molecule has 0 heterocycles.